The lowest BCUT2D eigenvalue weighted by atomic mass is 10.1. The molecule has 132 valence electrons. The molecule has 0 saturated carbocycles. The van der Waals surface area contributed by atoms with Crippen LogP contribution in [0.2, 0.25) is 0 Å². The second-order valence-corrected chi connectivity index (χ2v) is 7.64. The highest BCUT2D eigenvalue weighted by molar-refractivity contribution is 7.91. The van der Waals surface area contributed by atoms with Gasteiger partial charge in [-0.1, -0.05) is 6.07 Å². The second kappa shape index (κ2) is 7.25. The van der Waals surface area contributed by atoms with E-state index >= 15 is 0 Å². The molecule has 7 heteroatoms. The predicted molar refractivity (Wildman–Crippen MR) is 95.4 cm³/mol. The summed E-state index contributed by atoms with van der Waals surface area (Å²) in [5, 5.41) is 3.24. The molecule has 6 nitrogen and oxygen atoms in total. The number of carbonyl (C=O) groups excluding carboxylic acids is 1. The fourth-order valence-electron chi connectivity index (χ4n) is 2.95. The Kier molecular flexibility index (Phi) is 5.06. The molecule has 2 aromatic carbocycles. The number of hydrogen-bond donors (Lipinski definition) is 1. The fraction of sp³-hybridized carbons (Fsp3) is 0.278. The lowest BCUT2D eigenvalue weighted by molar-refractivity contribution is 0.112. The number of sulfone groups is 1. The Morgan fingerprint density at radius 2 is 1.76 bits per heavy atom. The van der Waals surface area contributed by atoms with Crippen LogP contribution >= 0.6 is 0 Å². The fourth-order valence-corrected chi connectivity index (χ4v) is 4.40. The van der Waals surface area contributed by atoms with Crippen molar-refractivity contribution in [3.8, 4) is 5.75 Å². The number of anilines is 1. The van der Waals surface area contributed by atoms with Gasteiger partial charge in [0.25, 0.3) is 0 Å². The Morgan fingerprint density at radius 3 is 2.36 bits per heavy atom. The van der Waals surface area contributed by atoms with Gasteiger partial charge in [-0.3, -0.25) is 4.79 Å². The second-order valence-electron chi connectivity index (χ2n) is 5.72. The Morgan fingerprint density at radius 1 is 1.08 bits per heavy atom. The average Bonchev–Trinajstić information content (AvgIpc) is 2.68. The van der Waals surface area contributed by atoms with E-state index in [1.807, 2.05) is 4.90 Å². The molecule has 0 radical (unpaired) electrons. The van der Waals surface area contributed by atoms with Gasteiger partial charge in [-0.05, 0) is 36.4 Å². The van der Waals surface area contributed by atoms with E-state index in [0.29, 0.717) is 17.7 Å². The van der Waals surface area contributed by atoms with Crippen molar-refractivity contribution in [1.29, 1.82) is 0 Å². The first-order valence-electron chi connectivity index (χ1n) is 8.01. The van der Waals surface area contributed by atoms with Crippen LogP contribution in [0, 0.1) is 0 Å². The van der Waals surface area contributed by atoms with Gasteiger partial charge in [-0.15, -0.1) is 0 Å². The van der Waals surface area contributed by atoms with Crippen molar-refractivity contribution in [2.24, 2.45) is 0 Å². The number of carbonyl (C=O) groups is 1. The summed E-state index contributed by atoms with van der Waals surface area (Å²) in [6, 6.07) is 11.1. The standard InChI is InChI=1S/C18H20N2O4S/c1-24-14-5-7-15(8-6-14)25(22,23)18-4-2-3-17(16(18)13-21)20-11-9-19-10-12-20/h2-8,13,19H,9-12H2,1H3. The maximum absolute atomic E-state index is 13.0. The van der Waals surface area contributed by atoms with E-state index in [4.69, 9.17) is 4.74 Å². The van der Waals surface area contributed by atoms with Gasteiger partial charge in [0.2, 0.25) is 9.84 Å². The first-order valence-corrected chi connectivity index (χ1v) is 9.49. The molecule has 1 heterocycles. The van der Waals surface area contributed by atoms with Gasteiger partial charge in [-0.25, -0.2) is 8.42 Å². The van der Waals surface area contributed by atoms with E-state index in [-0.39, 0.29) is 15.4 Å². The van der Waals surface area contributed by atoms with Crippen molar-refractivity contribution in [1.82, 2.24) is 5.32 Å². The van der Waals surface area contributed by atoms with Gasteiger partial charge >= 0.3 is 0 Å². The number of rotatable bonds is 5. The van der Waals surface area contributed by atoms with Crippen molar-refractivity contribution >= 4 is 21.8 Å². The van der Waals surface area contributed by atoms with Gasteiger partial charge in [0.05, 0.1) is 22.5 Å². The first-order chi connectivity index (χ1) is 12.1. The third-order valence-electron chi connectivity index (χ3n) is 4.28. The molecule has 0 bridgehead atoms. The number of piperazine rings is 1. The lowest BCUT2D eigenvalue weighted by Gasteiger charge is -2.30. The van der Waals surface area contributed by atoms with Gasteiger partial charge in [-0.2, -0.15) is 0 Å². The molecule has 0 amide bonds. The predicted octanol–water partition coefficient (Wildman–Crippen LogP) is 1.75. The quantitative estimate of drug-likeness (QED) is 0.819. The number of ether oxygens (including phenoxy) is 1. The van der Waals surface area contributed by atoms with Crippen LogP contribution in [0.25, 0.3) is 0 Å². The van der Waals surface area contributed by atoms with Crippen molar-refractivity contribution in [3.05, 3.63) is 48.0 Å². The summed E-state index contributed by atoms with van der Waals surface area (Å²) >= 11 is 0. The van der Waals surface area contributed by atoms with Gasteiger partial charge in [0.1, 0.15) is 5.75 Å². The van der Waals surface area contributed by atoms with Gasteiger partial charge in [0.15, 0.2) is 6.29 Å². The molecule has 0 aliphatic carbocycles. The van der Waals surface area contributed by atoms with Gasteiger partial charge in [0, 0.05) is 31.9 Å². The minimum absolute atomic E-state index is 0.0312. The van der Waals surface area contributed by atoms with E-state index in [1.165, 1.54) is 25.3 Å². The monoisotopic (exact) mass is 360 g/mol. The van der Waals surface area contributed by atoms with Crippen molar-refractivity contribution in [3.63, 3.8) is 0 Å². The van der Waals surface area contributed by atoms with Crippen LogP contribution in [0.3, 0.4) is 0 Å². The summed E-state index contributed by atoms with van der Waals surface area (Å²) in [7, 11) is -2.28. The SMILES string of the molecule is COc1ccc(S(=O)(=O)c2cccc(N3CCNCC3)c2C=O)cc1. The maximum atomic E-state index is 13.0. The molecule has 1 saturated heterocycles. The van der Waals surface area contributed by atoms with Crippen LogP contribution in [-0.4, -0.2) is 48.0 Å². The zero-order valence-corrected chi connectivity index (χ0v) is 14.8. The lowest BCUT2D eigenvalue weighted by Crippen LogP contribution is -2.44. The van der Waals surface area contributed by atoms with E-state index in [9.17, 15) is 13.2 Å². The molecule has 0 spiro atoms. The van der Waals surface area contributed by atoms with Crippen LogP contribution < -0.4 is 15.0 Å². The third kappa shape index (κ3) is 3.38. The molecule has 25 heavy (non-hydrogen) atoms. The molecule has 3 rings (SSSR count). The van der Waals surface area contributed by atoms with Gasteiger partial charge < -0.3 is 15.0 Å². The normalized spacial score (nSPS) is 15.0. The molecular formula is C18H20N2O4S. The summed E-state index contributed by atoms with van der Waals surface area (Å²) in [6.45, 7) is 3.06. The van der Waals surface area contributed by atoms with Crippen LogP contribution in [0.5, 0.6) is 5.75 Å². The Labute approximate surface area is 147 Å². The van der Waals surface area contributed by atoms with Crippen molar-refractivity contribution in [2.75, 3.05) is 38.2 Å². The molecular weight excluding hydrogens is 340 g/mol. The zero-order chi connectivity index (χ0) is 17.9. The molecule has 1 N–H and O–H groups in total. The number of aldehydes is 1. The Hall–Kier alpha value is -2.38. The van der Waals surface area contributed by atoms with Crippen LogP contribution in [-0.2, 0) is 9.84 Å². The van der Waals surface area contributed by atoms with Crippen LogP contribution in [0.15, 0.2) is 52.3 Å². The van der Waals surface area contributed by atoms with E-state index in [2.05, 4.69) is 5.32 Å². The highest BCUT2D eigenvalue weighted by Crippen LogP contribution is 2.30. The largest absolute Gasteiger partial charge is 0.497 e. The molecule has 0 aromatic heterocycles. The molecule has 1 aliphatic heterocycles. The molecule has 0 unspecified atom stereocenters. The summed E-state index contributed by atoms with van der Waals surface area (Å²) in [4.78, 5) is 13.9. The molecule has 2 aromatic rings. The Balaban J connectivity index is 2.07. The number of nitrogens with zero attached hydrogens (tertiary/aromatic N) is 1. The van der Waals surface area contributed by atoms with Crippen molar-refractivity contribution in [2.45, 2.75) is 9.79 Å². The number of hydrogen-bond acceptors (Lipinski definition) is 6. The van der Waals surface area contributed by atoms with E-state index in [1.54, 1.807) is 24.3 Å². The maximum Gasteiger partial charge on any atom is 0.207 e. The first kappa shape index (κ1) is 17.4. The minimum atomic E-state index is -3.80. The minimum Gasteiger partial charge on any atom is -0.497 e. The summed E-state index contributed by atoms with van der Waals surface area (Å²) in [5.74, 6) is 0.573. The summed E-state index contributed by atoms with van der Waals surface area (Å²) < 4.78 is 31.1. The molecule has 0 atom stereocenters. The number of methoxy groups -OCH3 is 1. The van der Waals surface area contributed by atoms with E-state index in [0.717, 1.165) is 26.2 Å². The van der Waals surface area contributed by atoms with E-state index < -0.39 is 9.84 Å². The molecule has 1 fully saturated rings. The summed E-state index contributed by atoms with van der Waals surface area (Å²) in [5.41, 5.74) is 0.867. The molecule has 1 aliphatic rings. The summed E-state index contributed by atoms with van der Waals surface area (Å²) in [6.07, 6.45) is 0.633. The third-order valence-corrected chi connectivity index (χ3v) is 6.11. The van der Waals surface area contributed by atoms with Crippen molar-refractivity contribution < 1.29 is 17.9 Å². The highest BCUT2D eigenvalue weighted by Gasteiger charge is 2.25. The number of benzene rings is 2. The van der Waals surface area contributed by atoms with Crippen LogP contribution in [0.1, 0.15) is 10.4 Å². The Bertz CT molecular complexity index is 857. The topological polar surface area (TPSA) is 75.7 Å². The zero-order valence-electron chi connectivity index (χ0n) is 13.9. The average molecular weight is 360 g/mol. The number of nitrogens with one attached hydrogen (secondary N) is 1. The smallest absolute Gasteiger partial charge is 0.207 e. The highest BCUT2D eigenvalue weighted by atomic mass is 32.2. The van der Waals surface area contributed by atoms with Crippen LogP contribution in [0.4, 0.5) is 5.69 Å².